The molecule has 0 unspecified atom stereocenters. The minimum Gasteiger partial charge on any atom is -0.465 e. The number of aliphatic hydroxyl groups excluding tert-OH is 1. The van der Waals surface area contributed by atoms with Gasteiger partial charge in [0, 0.05) is 12.5 Å². The molecule has 2 atom stereocenters. The van der Waals surface area contributed by atoms with Crippen molar-refractivity contribution in [3.05, 3.63) is 26.7 Å². The van der Waals surface area contributed by atoms with Gasteiger partial charge in [0.25, 0.3) is 5.56 Å². The maximum Gasteiger partial charge on any atom is 0.333 e. The largest absolute Gasteiger partial charge is 0.465 e. The van der Waals surface area contributed by atoms with Crippen LogP contribution in [0.15, 0.2) is 9.59 Å². The van der Waals surface area contributed by atoms with Crippen LogP contribution in [0.4, 0.5) is 0 Å². The van der Waals surface area contributed by atoms with E-state index in [1.807, 2.05) is 6.92 Å². The molecule has 2 aromatic heterocycles. The molecule has 9 heteroatoms. The lowest BCUT2D eigenvalue weighted by atomic mass is 9.99. The summed E-state index contributed by atoms with van der Waals surface area (Å²) in [6.07, 6.45) is 4.44. The first kappa shape index (κ1) is 20.3. The molecule has 1 fully saturated rings. The Morgan fingerprint density at radius 3 is 2.71 bits per heavy atom. The number of carbonyl (C=O) groups excluding carboxylic acids is 1. The summed E-state index contributed by atoms with van der Waals surface area (Å²) in [7, 11) is 0. The monoisotopic (exact) mass is 392 g/mol. The first-order valence-electron chi connectivity index (χ1n) is 10.0. The number of hydrogen-bond acceptors (Lipinski definition) is 6. The molecule has 9 nitrogen and oxygen atoms in total. The molecule has 0 aromatic carbocycles. The van der Waals surface area contributed by atoms with Crippen molar-refractivity contribution in [2.24, 2.45) is 0 Å². The van der Waals surface area contributed by atoms with Crippen LogP contribution in [0, 0.1) is 0 Å². The number of esters is 1. The fourth-order valence-corrected chi connectivity index (χ4v) is 3.86. The van der Waals surface area contributed by atoms with Gasteiger partial charge in [-0.05, 0) is 32.6 Å². The normalized spacial score (nSPS) is 20.2. The third kappa shape index (κ3) is 4.04. The van der Waals surface area contributed by atoms with Gasteiger partial charge in [-0.2, -0.15) is 0 Å². The molecule has 2 heterocycles. The van der Waals surface area contributed by atoms with Crippen molar-refractivity contribution in [2.45, 2.75) is 77.5 Å². The van der Waals surface area contributed by atoms with Crippen molar-refractivity contribution in [1.82, 2.24) is 19.1 Å². The maximum absolute atomic E-state index is 12.9. The molecule has 0 aliphatic heterocycles. The number of aromatic amines is 1. The zero-order chi connectivity index (χ0) is 20.3. The standard InChI is InChI=1S/C19H28N4O5/c1-3-9-22-17-15(18(26)23(19(22)27)11-14(25)28-4-2)20-16(21-17)12-7-5-6-8-13(24)10-12/h12-13,24H,3-11H2,1-2H3,(H,20,21)/t12-,13+/m1/s1. The first-order chi connectivity index (χ1) is 13.5. The van der Waals surface area contributed by atoms with E-state index in [0.29, 0.717) is 30.9 Å². The van der Waals surface area contributed by atoms with Gasteiger partial charge >= 0.3 is 11.7 Å². The lowest BCUT2D eigenvalue weighted by molar-refractivity contribution is -0.143. The SMILES string of the molecule is CCCn1c(=O)n(CC(=O)OCC)c(=O)c2[nH]c([C@@H]3CCCC[C@H](O)C3)nc21. The summed E-state index contributed by atoms with van der Waals surface area (Å²) in [5.74, 6) is -0.00472. The summed E-state index contributed by atoms with van der Waals surface area (Å²) >= 11 is 0. The van der Waals surface area contributed by atoms with Crippen LogP contribution >= 0.6 is 0 Å². The molecule has 0 bridgehead atoms. The molecule has 1 saturated carbocycles. The van der Waals surface area contributed by atoms with Crippen LogP contribution in [0.5, 0.6) is 0 Å². The average molecular weight is 392 g/mol. The minimum absolute atomic E-state index is 0.00739. The van der Waals surface area contributed by atoms with Crippen molar-refractivity contribution < 1.29 is 14.6 Å². The quantitative estimate of drug-likeness (QED) is 0.564. The molecule has 0 saturated heterocycles. The van der Waals surface area contributed by atoms with Gasteiger partial charge < -0.3 is 14.8 Å². The van der Waals surface area contributed by atoms with Gasteiger partial charge in [-0.15, -0.1) is 0 Å². The number of nitrogens with one attached hydrogen (secondary N) is 1. The van der Waals surface area contributed by atoms with E-state index >= 15 is 0 Å². The van der Waals surface area contributed by atoms with Gasteiger partial charge in [-0.1, -0.05) is 19.8 Å². The molecule has 0 spiro atoms. The molecule has 0 amide bonds. The van der Waals surface area contributed by atoms with Crippen molar-refractivity contribution in [3.63, 3.8) is 0 Å². The summed E-state index contributed by atoms with van der Waals surface area (Å²) in [5.41, 5.74) is -0.614. The zero-order valence-corrected chi connectivity index (χ0v) is 16.4. The highest BCUT2D eigenvalue weighted by Crippen LogP contribution is 2.30. The third-order valence-corrected chi connectivity index (χ3v) is 5.20. The van der Waals surface area contributed by atoms with Gasteiger partial charge in [-0.3, -0.25) is 14.2 Å². The van der Waals surface area contributed by atoms with Crippen LogP contribution in [0.3, 0.4) is 0 Å². The highest BCUT2D eigenvalue weighted by molar-refractivity contribution is 5.72. The molecule has 0 radical (unpaired) electrons. The minimum atomic E-state index is -0.629. The second-order valence-corrected chi connectivity index (χ2v) is 7.32. The van der Waals surface area contributed by atoms with Crippen LogP contribution in [0.1, 0.15) is 64.1 Å². The number of ether oxygens (including phenoxy) is 1. The average Bonchev–Trinajstić information content (AvgIpc) is 2.99. The Morgan fingerprint density at radius 1 is 1.25 bits per heavy atom. The Bertz CT molecular complexity index is 958. The van der Waals surface area contributed by atoms with Gasteiger partial charge in [0.1, 0.15) is 17.9 Å². The van der Waals surface area contributed by atoms with E-state index in [2.05, 4.69) is 9.97 Å². The zero-order valence-electron chi connectivity index (χ0n) is 16.4. The summed E-state index contributed by atoms with van der Waals surface area (Å²) in [5, 5.41) is 10.1. The molecule has 1 aliphatic carbocycles. The van der Waals surface area contributed by atoms with Crippen molar-refractivity contribution in [1.29, 1.82) is 0 Å². The fourth-order valence-electron chi connectivity index (χ4n) is 3.86. The van der Waals surface area contributed by atoms with Crippen LogP contribution < -0.4 is 11.2 Å². The summed E-state index contributed by atoms with van der Waals surface area (Å²) in [4.78, 5) is 45.3. The molecule has 3 rings (SSSR count). The number of H-pyrrole nitrogens is 1. The Balaban J connectivity index is 2.11. The van der Waals surface area contributed by atoms with Crippen LogP contribution in [-0.4, -0.2) is 42.9 Å². The van der Waals surface area contributed by atoms with Crippen molar-refractivity contribution in [3.8, 4) is 0 Å². The molecule has 2 aromatic rings. The highest BCUT2D eigenvalue weighted by Gasteiger charge is 2.25. The number of carbonyl (C=O) groups is 1. The summed E-state index contributed by atoms with van der Waals surface area (Å²) in [6, 6.07) is 0. The number of aromatic nitrogens is 4. The maximum atomic E-state index is 12.9. The molecule has 28 heavy (non-hydrogen) atoms. The van der Waals surface area contributed by atoms with Crippen molar-refractivity contribution in [2.75, 3.05) is 6.61 Å². The molecule has 1 aliphatic rings. The Morgan fingerprint density at radius 2 is 2.00 bits per heavy atom. The molecule has 2 N–H and O–H groups in total. The van der Waals surface area contributed by atoms with E-state index in [-0.39, 0.29) is 24.1 Å². The first-order valence-corrected chi connectivity index (χ1v) is 10.0. The number of rotatable bonds is 6. The Labute approximate surface area is 162 Å². The van der Waals surface area contributed by atoms with E-state index in [1.165, 1.54) is 4.57 Å². The van der Waals surface area contributed by atoms with E-state index in [4.69, 9.17) is 4.74 Å². The Hall–Kier alpha value is -2.42. The number of imidazole rings is 1. The fraction of sp³-hybridized carbons (Fsp3) is 0.684. The Kier molecular flexibility index (Phi) is 6.33. The smallest absolute Gasteiger partial charge is 0.333 e. The number of nitrogens with zero attached hydrogens (tertiary/aromatic N) is 3. The van der Waals surface area contributed by atoms with Gasteiger partial charge in [0.2, 0.25) is 0 Å². The van der Waals surface area contributed by atoms with Crippen LogP contribution in [-0.2, 0) is 22.6 Å². The number of hydrogen-bond donors (Lipinski definition) is 2. The second-order valence-electron chi connectivity index (χ2n) is 7.32. The van der Waals surface area contributed by atoms with Crippen molar-refractivity contribution >= 4 is 17.1 Å². The van der Waals surface area contributed by atoms with Gasteiger partial charge in [0.15, 0.2) is 5.65 Å². The third-order valence-electron chi connectivity index (χ3n) is 5.20. The molecular formula is C19H28N4O5. The number of fused-ring (bicyclic) bond motifs is 1. The predicted molar refractivity (Wildman–Crippen MR) is 103 cm³/mol. The molecule has 154 valence electrons. The van der Waals surface area contributed by atoms with E-state index in [1.54, 1.807) is 6.92 Å². The van der Waals surface area contributed by atoms with Gasteiger partial charge in [-0.25, -0.2) is 14.3 Å². The second kappa shape index (κ2) is 8.72. The summed E-state index contributed by atoms with van der Waals surface area (Å²) in [6.45, 7) is 3.73. The van der Waals surface area contributed by atoms with E-state index < -0.39 is 23.8 Å². The summed E-state index contributed by atoms with van der Waals surface area (Å²) < 4.78 is 7.23. The van der Waals surface area contributed by atoms with Gasteiger partial charge in [0.05, 0.1) is 12.7 Å². The lowest BCUT2D eigenvalue weighted by Crippen LogP contribution is -2.42. The van der Waals surface area contributed by atoms with E-state index in [0.717, 1.165) is 30.3 Å². The molecular weight excluding hydrogens is 364 g/mol. The lowest BCUT2D eigenvalue weighted by Gasteiger charge is -2.13. The highest BCUT2D eigenvalue weighted by atomic mass is 16.5. The topological polar surface area (TPSA) is 119 Å². The van der Waals surface area contributed by atoms with E-state index in [9.17, 15) is 19.5 Å². The van der Waals surface area contributed by atoms with Crippen LogP contribution in [0.2, 0.25) is 0 Å². The predicted octanol–water partition coefficient (Wildman–Crippen LogP) is 1.27. The number of aliphatic hydroxyl groups is 1. The van der Waals surface area contributed by atoms with Crippen LogP contribution in [0.25, 0.3) is 11.2 Å². The number of aryl methyl sites for hydroxylation is 1.